The molecule has 1 heterocycles. The van der Waals surface area contributed by atoms with Crippen LogP contribution >= 0.6 is 0 Å². The number of aliphatic hydroxyl groups excluding tert-OH is 1. The number of likely N-dealkylation sites (N-methyl/N-ethyl adjacent to an activating group) is 1. The summed E-state index contributed by atoms with van der Waals surface area (Å²) in [5, 5.41) is 8.61. The van der Waals surface area contributed by atoms with Gasteiger partial charge in [0.1, 0.15) is 0 Å². The molecule has 1 N–H and O–H groups in total. The van der Waals surface area contributed by atoms with Crippen molar-refractivity contribution in [2.75, 3.05) is 26.8 Å². The second kappa shape index (κ2) is 2.98. The number of ether oxygens (including phenoxy) is 1. The zero-order valence-electron chi connectivity index (χ0n) is 5.91. The van der Waals surface area contributed by atoms with Crippen molar-refractivity contribution in [1.82, 2.24) is 4.90 Å². The van der Waals surface area contributed by atoms with Crippen LogP contribution in [0.1, 0.15) is 0 Å². The molecule has 4 heteroatoms. The first-order valence-corrected chi connectivity index (χ1v) is 3.23. The number of nitrogens with zero attached hydrogens (tertiary/aromatic N) is 1. The van der Waals surface area contributed by atoms with Gasteiger partial charge in [0.15, 0.2) is 6.10 Å². The predicted octanol–water partition coefficient (Wildman–Crippen LogP) is -1.16. The van der Waals surface area contributed by atoms with Crippen LogP contribution in [0, 0.1) is 0 Å². The van der Waals surface area contributed by atoms with Gasteiger partial charge in [0.2, 0.25) is 0 Å². The van der Waals surface area contributed by atoms with Gasteiger partial charge in [0.05, 0.1) is 13.2 Å². The van der Waals surface area contributed by atoms with E-state index in [9.17, 15) is 4.79 Å². The molecule has 1 fully saturated rings. The van der Waals surface area contributed by atoms with Gasteiger partial charge in [-0.2, -0.15) is 0 Å². The summed E-state index contributed by atoms with van der Waals surface area (Å²) >= 11 is 0. The smallest absolute Gasteiger partial charge is 0.253 e. The Bertz CT molecular complexity index is 137. The molecule has 0 aromatic rings. The lowest BCUT2D eigenvalue weighted by molar-refractivity contribution is -0.153. The summed E-state index contributed by atoms with van der Waals surface area (Å²) in [6.45, 7) is 0.923. The SMILES string of the molecule is CN1CCOC(CO)C1=O. The predicted molar refractivity (Wildman–Crippen MR) is 34.5 cm³/mol. The Kier molecular flexibility index (Phi) is 2.24. The average Bonchev–Trinajstić information content (AvgIpc) is 1.95. The first-order chi connectivity index (χ1) is 4.75. The molecule has 0 bridgehead atoms. The van der Waals surface area contributed by atoms with Gasteiger partial charge in [-0.05, 0) is 0 Å². The Balaban J connectivity index is 2.51. The Morgan fingerprint density at radius 2 is 2.60 bits per heavy atom. The fraction of sp³-hybridized carbons (Fsp3) is 0.833. The number of morpholine rings is 1. The third-order valence-electron chi connectivity index (χ3n) is 1.56. The molecule has 0 aliphatic carbocycles. The van der Waals surface area contributed by atoms with Crippen LogP contribution in [0.25, 0.3) is 0 Å². The van der Waals surface area contributed by atoms with E-state index in [1.165, 1.54) is 0 Å². The minimum Gasteiger partial charge on any atom is -0.393 e. The summed E-state index contributed by atoms with van der Waals surface area (Å²) in [5.41, 5.74) is 0. The molecule has 1 aliphatic rings. The van der Waals surface area contributed by atoms with Gasteiger partial charge in [0, 0.05) is 13.6 Å². The maximum Gasteiger partial charge on any atom is 0.253 e. The van der Waals surface area contributed by atoms with Gasteiger partial charge in [-0.25, -0.2) is 0 Å². The maximum atomic E-state index is 11.0. The summed E-state index contributed by atoms with van der Waals surface area (Å²) in [4.78, 5) is 12.6. The Morgan fingerprint density at radius 3 is 3.10 bits per heavy atom. The molecule has 0 spiro atoms. The van der Waals surface area contributed by atoms with Gasteiger partial charge < -0.3 is 14.7 Å². The van der Waals surface area contributed by atoms with Crippen LogP contribution in [-0.4, -0.2) is 48.8 Å². The number of rotatable bonds is 1. The third kappa shape index (κ3) is 1.27. The lowest BCUT2D eigenvalue weighted by Crippen LogP contribution is -2.47. The van der Waals surface area contributed by atoms with E-state index in [-0.39, 0.29) is 12.5 Å². The normalized spacial score (nSPS) is 27.2. The first-order valence-electron chi connectivity index (χ1n) is 3.23. The molecule has 0 aromatic carbocycles. The minimum atomic E-state index is -0.626. The molecule has 1 amide bonds. The van der Waals surface area contributed by atoms with Gasteiger partial charge in [0.25, 0.3) is 5.91 Å². The fourth-order valence-electron chi connectivity index (χ4n) is 0.890. The van der Waals surface area contributed by atoms with E-state index in [1.54, 1.807) is 11.9 Å². The number of aliphatic hydroxyl groups is 1. The van der Waals surface area contributed by atoms with E-state index >= 15 is 0 Å². The van der Waals surface area contributed by atoms with Crippen molar-refractivity contribution in [2.45, 2.75) is 6.10 Å². The highest BCUT2D eigenvalue weighted by Gasteiger charge is 2.25. The van der Waals surface area contributed by atoms with Gasteiger partial charge in [-0.1, -0.05) is 0 Å². The number of carbonyl (C=O) groups is 1. The van der Waals surface area contributed by atoms with E-state index in [2.05, 4.69) is 0 Å². The number of carbonyl (C=O) groups excluding carboxylic acids is 1. The highest BCUT2D eigenvalue weighted by Crippen LogP contribution is 2.03. The third-order valence-corrected chi connectivity index (χ3v) is 1.56. The fourth-order valence-corrected chi connectivity index (χ4v) is 0.890. The molecule has 1 unspecified atom stereocenters. The standard InChI is InChI=1S/C6H11NO3/c1-7-2-3-10-5(4-8)6(7)9/h5,8H,2-4H2,1H3. The van der Waals surface area contributed by atoms with Gasteiger partial charge in [-0.3, -0.25) is 4.79 Å². The topological polar surface area (TPSA) is 49.8 Å². The van der Waals surface area contributed by atoms with Crippen LogP contribution in [0.5, 0.6) is 0 Å². The highest BCUT2D eigenvalue weighted by atomic mass is 16.5. The molecule has 10 heavy (non-hydrogen) atoms. The zero-order valence-corrected chi connectivity index (χ0v) is 5.91. The van der Waals surface area contributed by atoms with E-state index in [0.29, 0.717) is 13.2 Å². The maximum absolute atomic E-state index is 11.0. The largest absolute Gasteiger partial charge is 0.393 e. The zero-order chi connectivity index (χ0) is 7.56. The van der Waals surface area contributed by atoms with E-state index < -0.39 is 6.10 Å². The van der Waals surface area contributed by atoms with Crippen LogP contribution in [-0.2, 0) is 9.53 Å². The van der Waals surface area contributed by atoms with Crippen LogP contribution in [0.15, 0.2) is 0 Å². The van der Waals surface area contributed by atoms with Crippen LogP contribution in [0.3, 0.4) is 0 Å². The lowest BCUT2D eigenvalue weighted by Gasteiger charge is -2.28. The molecular weight excluding hydrogens is 134 g/mol. The van der Waals surface area contributed by atoms with Crippen molar-refractivity contribution in [1.29, 1.82) is 0 Å². The van der Waals surface area contributed by atoms with Gasteiger partial charge in [-0.15, -0.1) is 0 Å². The number of hydrogen-bond acceptors (Lipinski definition) is 3. The molecule has 58 valence electrons. The average molecular weight is 145 g/mol. The number of amides is 1. The summed E-state index contributed by atoms with van der Waals surface area (Å²) in [7, 11) is 1.70. The van der Waals surface area contributed by atoms with Crippen molar-refractivity contribution in [2.24, 2.45) is 0 Å². The summed E-state index contributed by atoms with van der Waals surface area (Å²) in [6.07, 6.45) is -0.626. The molecule has 4 nitrogen and oxygen atoms in total. The van der Waals surface area contributed by atoms with Crippen molar-refractivity contribution in [3.8, 4) is 0 Å². The molecule has 0 aromatic heterocycles. The van der Waals surface area contributed by atoms with Crippen molar-refractivity contribution in [3.63, 3.8) is 0 Å². The Hall–Kier alpha value is -0.610. The van der Waals surface area contributed by atoms with E-state index in [1.807, 2.05) is 0 Å². The Labute approximate surface area is 59.4 Å². The van der Waals surface area contributed by atoms with Crippen molar-refractivity contribution in [3.05, 3.63) is 0 Å². The quantitative estimate of drug-likeness (QED) is 0.506. The first kappa shape index (κ1) is 7.50. The van der Waals surface area contributed by atoms with Crippen molar-refractivity contribution < 1.29 is 14.6 Å². The summed E-state index contributed by atoms with van der Waals surface area (Å²) < 4.78 is 4.97. The van der Waals surface area contributed by atoms with E-state index in [0.717, 1.165) is 0 Å². The molecule has 0 saturated carbocycles. The second-order valence-corrected chi connectivity index (χ2v) is 2.30. The highest BCUT2D eigenvalue weighted by molar-refractivity contribution is 5.81. The summed E-state index contributed by atoms with van der Waals surface area (Å²) in [5.74, 6) is -0.131. The second-order valence-electron chi connectivity index (χ2n) is 2.30. The van der Waals surface area contributed by atoms with Gasteiger partial charge >= 0.3 is 0 Å². The van der Waals surface area contributed by atoms with Crippen molar-refractivity contribution >= 4 is 5.91 Å². The van der Waals surface area contributed by atoms with Crippen LogP contribution < -0.4 is 0 Å². The number of hydrogen-bond donors (Lipinski definition) is 1. The Morgan fingerprint density at radius 1 is 1.90 bits per heavy atom. The van der Waals surface area contributed by atoms with Crippen LogP contribution in [0.4, 0.5) is 0 Å². The minimum absolute atomic E-state index is 0.131. The molecule has 1 atom stereocenters. The molecule has 1 rings (SSSR count). The van der Waals surface area contributed by atoms with Crippen LogP contribution in [0.2, 0.25) is 0 Å². The molecule has 1 saturated heterocycles. The summed E-state index contributed by atoms with van der Waals surface area (Å²) in [6, 6.07) is 0. The monoisotopic (exact) mass is 145 g/mol. The molecular formula is C6H11NO3. The van der Waals surface area contributed by atoms with E-state index in [4.69, 9.17) is 9.84 Å². The lowest BCUT2D eigenvalue weighted by atomic mass is 10.3. The molecule has 0 radical (unpaired) electrons. The molecule has 1 aliphatic heterocycles.